The van der Waals surface area contributed by atoms with Gasteiger partial charge in [-0.3, -0.25) is 0 Å². The molecule has 0 aliphatic carbocycles. The average molecular weight is 489 g/mol. The summed E-state index contributed by atoms with van der Waals surface area (Å²) in [6, 6.07) is 0. The van der Waals surface area contributed by atoms with E-state index in [1.807, 2.05) is 12.5 Å². The van der Waals surface area contributed by atoms with Gasteiger partial charge in [-0.05, 0) is 32.6 Å². The van der Waals surface area contributed by atoms with Gasteiger partial charge in [0, 0.05) is 17.9 Å². The van der Waals surface area contributed by atoms with Gasteiger partial charge in [0.2, 0.25) is 0 Å². The maximum absolute atomic E-state index is 4.35. The van der Waals surface area contributed by atoms with Crippen LogP contribution in [0.1, 0.15) is 182 Å². The van der Waals surface area contributed by atoms with E-state index >= 15 is 0 Å². The van der Waals surface area contributed by atoms with Crippen molar-refractivity contribution in [3.8, 4) is 0 Å². The van der Waals surface area contributed by atoms with E-state index in [1.165, 1.54) is 154 Å². The van der Waals surface area contributed by atoms with Crippen LogP contribution >= 0.6 is 0 Å². The summed E-state index contributed by atoms with van der Waals surface area (Å²) in [7, 11) is 0. The molecule has 2 nitrogen and oxygen atoms in total. The quantitative estimate of drug-likeness (QED) is 0.118. The van der Waals surface area contributed by atoms with Crippen LogP contribution in [0.2, 0.25) is 0 Å². The van der Waals surface area contributed by atoms with Crippen LogP contribution in [0.3, 0.4) is 0 Å². The summed E-state index contributed by atoms with van der Waals surface area (Å²) in [6.45, 7) is 9.48. The standard InChI is InChI=1S/C33H64N2/c1-5-7-9-11-13-14-15-16-17-18-19-20-22-24-26-28-32(27-25-23-21-12-10-8-6-2)33(3,4)35-30-29-34-31-35/h29-32H,5-28H2,1-4H3/t32-/m0/s1. The van der Waals surface area contributed by atoms with E-state index in [2.05, 4.69) is 43.4 Å². The van der Waals surface area contributed by atoms with E-state index in [0.29, 0.717) is 0 Å². The van der Waals surface area contributed by atoms with Crippen LogP contribution in [0.25, 0.3) is 0 Å². The van der Waals surface area contributed by atoms with Crippen LogP contribution in [0, 0.1) is 5.92 Å². The molecule has 1 rings (SSSR count). The first kappa shape index (κ1) is 32.2. The topological polar surface area (TPSA) is 17.8 Å². The van der Waals surface area contributed by atoms with Crippen LogP contribution in [0.5, 0.6) is 0 Å². The maximum Gasteiger partial charge on any atom is 0.0951 e. The first-order valence-corrected chi connectivity index (χ1v) is 16.1. The van der Waals surface area contributed by atoms with Gasteiger partial charge >= 0.3 is 0 Å². The molecule has 0 aliphatic heterocycles. The Balaban J connectivity index is 2.13. The van der Waals surface area contributed by atoms with Crippen molar-refractivity contribution < 1.29 is 0 Å². The van der Waals surface area contributed by atoms with Crippen LogP contribution in [0.15, 0.2) is 18.7 Å². The smallest absolute Gasteiger partial charge is 0.0951 e. The third-order valence-electron chi connectivity index (χ3n) is 8.48. The van der Waals surface area contributed by atoms with Gasteiger partial charge in [-0.15, -0.1) is 0 Å². The highest BCUT2D eigenvalue weighted by molar-refractivity contribution is 4.90. The van der Waals surface area contributed by atoms with Gasteiger partial charge in [-0.25, -0.2) is 4.98 Å². The first-order valence-electron chi connectivity index (χ1n) is 16.1. The molecular formula is C33H64N2. The Hall–Kier alpha value is -0.790. The summed E-state index contributed by atoms with van der Waals surface area (Å²) in [5.41, 5.74) is 0.175. The Morgan fingerprint density at radius 2 is 0.886 bits per heavy atom. The largest absolute Gasteiger partial charge is 0.332 e. The zero-order chi connectivity index (χ0) is 25.5. The number of unbranched alkanes of at least 4 members (excludes halogenated alkanes) is 20. The van der Waals surface area contributed by atoms with Gasteiger partial charge in [-0.1, -0.05) is 155 Å². The van der Waals surface area contributed by atoms with E-state index in [4.69, 9.17) is 0 Å². The molecule has 0 saturated carbocycles. The summed E-state index contributed by atoms with van der Waals surface area (Å²) in [6.07, 6.45) is 40.5. The zero-order valence-corrected chi connectivity index (χ0v) is 24.7. The third-order valence-corrected chi connectivity index (χ3v) is 8.48. The van der Waals surface area contributed by atoms with Crippen molar-refractivity contribution in [2.45, 2.75) is 187 Å². The number of hydrogen-bond donors (Lipinski definition) is 0. The Morgan fingerprint density at radius 3 is 1.20 bits per heavy atom. The minimum Gasteiger partial charge on any atom is -0.332 e. The Morgan fingerprint density at radius 1 is 0.543 bits per heavy atom. The summed E-state index contributed by atoms with van der Waals surface area (Å²) in [5.74, 6) is 0.759. The molecule has 0 amide bonds. The number of aromatic nitrogens is 2. The molecule has 0 spiro atoms. The highest BCUT2D eigenvalue weighted by Gasteiger charge is 2.30. The van der Waals surface area contributed by atoms with E-state index in [0.717, 1.165) is 5.92 Å². The molecule has 206 valence electrons. The zero-order valence-electron chi connectivity index (χ0n) is 24.7. The van der Waals surface area contributed by atoms with Crippen LogP contribution in [0.4, 0.5) is 0 Å². The molecular weight excluding hydrogens is 424 g/mol. The number of rotatable bonds is 26. The van der Waals surface area contributed by atoms with Gasteiger partial charge in [-0.2, -0.15) is 0 Å². The van der Waals surface area contributed by atoms with Crippen molar-refractivity contribution in [3.63, 3.8) is 0 Å². The SMILES string of the molecule is CCCCCCCCCCCCCCCCC[C@H](CCCCCCCCC)C(C)(C)n1ccnc1. The number of nitrogens with zero attached hydrogens (tertiary/aromatic N) is 2. The lowest BCUT2D eigenvalue weighted by Gasteiger charge is -2.36. The van der Waals surface area contributed by atoms with E-state index < -0.39 is 0 Å². The van der Waals surface area contributed by atoms with Gasteiger partial charge in [0.25, 0.3) is 0 Å². The summed E-state index contributed by atoms with van der Waals surface area (Å²) in [5, 5.41) is 0. The van der Waals surface area contributed by atoms with E-state index in [1.54, 1.807) is 0 Å². The minimum atomic E-state index is 0.175. The van der Waals surface area contributed by atoms with Crippen LogP contribution in [-0.4, -0.2) is 9.55 Å². The minimum absolute atomic E-state index is 0.175. The van der Waals surface area contributed by atoms with Crippen LogP contribution in [-0.2, 0) is 5.54 Å². The Labute approximate surface area is 221 Å². The fourth-order valence-electron chi connectivity index (χ4n) is 5.77. The molecule has 1 heterocycles. The lowest BCUT2D eigenvalue weighted by atomic mass is 9.79. The molecule has 0 radical (unpaired) electrons. The van der Waals surface area contributed by atoms with Gasteiger partial charge in [0.1, 0.15) is 0 Å². The highest BCUT2D eigenvalue weighted by Crippen LogP contribution is 2.34. The molecule has 35 heavy (non-hydrogen) atoms. The lowest BCUT2D eigenvalue weighted by Crippen LogP contribution is -2.34. The molecule has 0 N–H and O–H groups in total. The first-order chi connectivity index (χ1) is 17.1. The van der Waals surface area contributed by atoms with Crippen molar-refractivity contribution in [2.75, 3.05) is 0 Å². The number of imidazole rings is 1. The Bertz CT molecular complexity index is 533. The van der Waals surface area contributed by atoms with Crippen molar-refractivity contribution in [1.29, 1.82) is 0 Å². The van der Waals surface area contributed by atoms with Gasteiger partial charge in [0.05, 0.1) is 6.33 Å². The summed E-state index contributed by atoms with van der Waals surface area (Å²) < 4.78 is 2.37. The van der Waals surface area contributed by atoms with Crippen LogP contribution < -0.4 is 0 Å². The molecule has 0 unspecified atom stereocenters. The monoisotopic (exact) mass is 489 g/mol. The molecule has 1 atom stereocenters. The second kappa shape index (κ2) is 22.4. The molecule has 1 aromatic rings. The molecule has 0 saturated heterocycles. The van der Waals surface area contributed by atoms with E-state index in [9.17, 15) is 0 Å². The van der Waals surface area contributed by atoms with Gasteiger partial charge < -0.3 is 4.57 Å². The van der Waals surface area contributed by atoms with Crippen molar-refractivity contribution in [1.82, 2.24) is 9.55 Å². The predicted octanol–water partition coefficient (Wildman–Crippen LogP) is 11.6. The van der Waals surface area contributed by atoms with Crippen molar-refractivity contribution in [2.24, 2.45) is 5.92 Å². The van der Waals surface area contributed by atoms with Crippen molar-refractivity contribution in [3.05, 3.63) is 18.7 Å². The maximum atomic E-state index is 4.35. The molecule has 0 bridgehead atoms. The second-order valence-corrected chi connectivity index (χ2v) is 12.0. The second-order valence-electron chi connectivity index (χ2n) is 12.0. The normalized spacial score (nSPS) is 12.9. The molecule has 0 aliphatic rings. The fraction of sp³-hybridized carbons (Fsp3) is 0.909. The lowest BCUT2D eigenvalue weighted by molar-refractivity contribution is 0.181. The van der Waals surface area contributed by atoms with E-state index in [-0.39, 0.29) is 5.54 Å². The molecule has 0 fully saturated rings. The molecule has 1 aromatic heterocycles. The highest BCUT2D eigenvalue weighted by atomic mass is 15.1. The average Bonchev–Trinajstić information content (AvgIpc) is 3.40. The summed E-state index contributed by atoms with van der Waals surface area (Å²) >= 11 is 0. The summed E-state index contributed by atoms with van der Waals surface area (Å²) in [4.78, 5) is 4.35. The third kappa shape index (κ3) is 16.6. The van der Waals surface area contributed by atoms with Crippen molar-refractivity contribution >= 4 is 0 Å². The molecule has 2 heteroatoms. The fourth-order valence-corrected chi connectivity index (χ4v) is 5.77. The number of hydrogen-bond acceptors (Lipinski definition) is 1. The predicted molar refractivity (Wildman–Crippen MR) is 157 cm³/mol. The Kier molecular flexibility index (Phi) is 20.6. The van der Waals surface area contributed by atoms with Gasteiger partial charge in [0.15, 0.2) is 0 Å². The molecule has 0 aromatic carbocycles.